The summed E-state index contributed by atoms with van der Waals surface area (Å²) in [5.41, 5.74) is 2.86. The van der Waals surface area contributed by atoms with Crippen LogP contribution in [0.15, 0.2) is 77.2 Å². The highest BCUT2D eigenvalue weighted by Gasteiger charge is 2.30. The standard InChI is InChI=1S/C25H20F3N3O2/c1-16-5-3-4-6-21(16)23-30-29-22(33-23)18-9-11-19(12-10-18)24(32)31(2)15-17-7-13-20(14-8-17)25(26,27)28/h3-14H,15H2,1-2H3. The Kier molecular flexibility index (Phi) is 6.00. The number of benzene rings is 3. The van der Waals surface area contributed by atoms with Crippen LogP contribution in [-0.2, 0) is 12.7 Å². The lowest BCUT2D eigenvalue weighted by Gasteiger charge is -2.18. The van der Waals surface area contributed by atoms with Gasteiger partial charge in [0.15, 0.2) is 0 Å². The van der Waals surface area contributed by atoms with E-state index in [9.17, 15) is 18.0 Å². The van der Waals surface area contributed by atoms with Crippen molar-refractivity contribution in [1.29, 1.82) is 0 Å². The lowest BCUT2D eigenvalue weighted by atomic mass is 10.1. The smallest absolute Gasteiger partial charge is 0.416 e. The summed E-state index contributed by atoms with van der Waals surface area (Å²) in [6.45, 7) is 2.14. The molecule has 1 heterocycles. The number of hydrogen-bond acceptors (Lipinski definition) is 4. The Labute approximate surface area is 188 Å². The molecule has 4 aromatic rings. The van der Waals surface area contributed by atoms with E-state index in [1.165, 1.54) is 17.0 Å². The molecule has 0 atom stereocenters. The molecule has 0 spiro atoms. The maximum Gasteiger partial charge on any atom is 0.416 e. The molecule has 0 N–H and O–H groups in total. The van der Waals surface area contributed by atoms with Crippen LogP contribution in [0.1, 0.15) is 27.0 Å². The Bertz CT molecular complexity index is 1260. The zero-order chi connectivity index (χ0) is 23.6. The summed E-state index contributed by atoms with van der Waals surface area (Å²) < 4.78 is 43.9. The number of carbonyl (C=O) groups excluding carboxylic acids is 1. The summed E-state index contributed by atoms with van der Waals surface area (Å²) in [5, 5.41) is 8.22. The van der Waals surface area contributed by atoms with Gasteiger partial charge in [0.2, 0.25) is 11.8 Å². The molecule has 4 rings (SSSR count). The molecular formula is C25H20F3N3O2. The van der Waals surface area contributed by atoms with Crippen molar-refractivity contribution in [3.63, 3.8) is 0 Å². The van der Waals surface area contributed by atoms with Gasteiger partial charge in [-0.2, -0.15) is 13.2 Å². The van der Waals surface area contributed by atoms with E-state index in [0.717, 1.165) is 23.3 Å². The molecule has 1 amide bonds. The zero-order valence-corrected chi connectivity index (χ0v) is 17.9. The van der Waals surface area contributed by atoms with Crippen LogP contribution >= 0.6 is 0 Å². The topological polar surface area (TPSA) is 59.2 Å². The molecule has 0 saturated carbocycles. The lowest BCUT2D eigenvalue weighted by molar-refractivity contribution is -0.137. The molecule has 168 valence electrons. The maximum absolute atomic E-state index is 12.7. The summed E-state index contributed by atoms with van der Waals surface area (Å²) >= 11 is 0. The summed E-state index contributed by atoms with van der Waals surface area (Å²) in [6, 6.07) is 19.2. The molecule has 1 aromatic heterocycles. The SMILES string of the molecule is Cc1ccccc1-c1nnc(-c2ccc(C(=O)N(C)Cc3ccc(C(F)(F)F)cc3)cc2)o1. The van der Waals surface area contributed by atoms with Crippen molar-refractivity contribution >= 4 is 5.91 Å². The number of rotatable bonds is 5. The van der Waals surface area contributed by atoms with Crippen molar-refractivity contribution in [2.75, 3.05) is 7.05 Å². The first-order valence-electron chi connectivity index (χ1n) is 10.1. The zero-order valence-electron chi connectivity index (χ0n) is 17.9. The summed E-state index contributed by atoms with van der Waals surface area (Å²) in [5.74, 6) is 0.498. The van der Waals surface area contributed by atoms with E-state index in [0.29, 0.717) is 28.5 Å². The Balaban J connectivity index is 1.45. The van der Waals surface area contributed by atoms with Gasteiger partial charge in [0.05, 0.1) is 5.56 Å². The Morgan fingerprint density at radius 2 is 1.55 bits per heavy atom. The van der Waals surface area contributed by atoms with Crippen LogP contribution < -0.4 is 0 Å². The largest absolute Gasteiger partial charge is 0.416 e. The fraction of sp³-hybridized carbons (Fsp3) is 0.160. The quantitative estimate of drug-likeness (QED) is 0.373. The fourth-order valence-corrected chi connectivity index (χ4v) is 3.38. The first-order valence-corrected chi connectivity index (χ1v) is 10.1. The van der Waals surface area contributed by atoms with Gasteiger partial charge in [-0.15, -0.1) is 10.2 Å². The van der Waals surface area contributed by atoms with Crippen molar-refractivity contribution in [3.8, 4) is 22.9 Å². The molecule has 0 fully saturated rings. The third kappa shape index (κ3) is 4.95. The monoisotopic (exact) mass is 451 g/mol. The van der Waals surface area contributed by atoms with Gasteiger partial charge < -0.3 is 9.32 Å². The number of carbonyl (C=O) groups is 1. The van der Waals surface area contributed by atoms with E-state index in [1.807, 2.05) is 31.2 Å². The van der Waals surface area contributed by atoms with Crippen LogP contribution in [0.2, 0.25) is 0 Å². The molecule has 0 bridgehead atoms. The predicted molar refractivity (Wildman–Crippen MR) is 117 cm³/mol. The second-order valence-electron chi connectivity index (χ2n) is 7.66. The van der Waals surface area contributed by atoms with Gasteiger partial charge in [-0.05, 0) is 60.5 Å². The number of aryl methyl sites for hydroxylation is 1. The Morgan fingerprint density at radius 3 is 2.18 bits per heavy atom. The summed E-state index contributed by atoms with van der Waals surface area (Å²) in [6.07, 6.45) is -4.39. The number of hydrogen-bond donors (Lipinski definition) is 0. The fourth-order valence-electron chi connectivity index (χ4n) is 3.38. The molecule has 0 aliphatic rings. The van der Waals surface area contributed by atoms with Crippen LogP contribution in [0.25, 0.3) is 22.9 Å². The molecule has 0 radical (unpaired) electrons. The van der Waals surface area contributed by atoms with Gasteiger partial charge in [0.25, 0.3) is 5.91 Å². The highest BCUT2D eigenvalue weighted by Crippen LogP contribution is 2.29. The molecule has 0 unspecified atom stereocenters. The number of halogens is 3. The number of nitrogens with zero attached hydrogens (tertiary/aromatic N) is 3. The minimum absolute atomic E-state index is 0.183. The van der Waals surface area contributed by atoms with E-state index in [4.69, 9.17) is 4.42 Å². The van der Waals surface area contributed by atoms with Gasteiger partial charge >= 0.3 is 6.18 Å². The van der Waals surface area contributed by atoms with E-state index in [-0.39, 0.29) is 12.5 Å². The first kappa shape index (κ1) is 22.3. The van der Waals surface area contributed by atoms with E-state index in [2.05, 4.69) is 10.2 Å². The molecule has 0 aliphatic heterocycles. The highest BCUT2D eigenvalue weighted by atomic mass is 19.4. The van der Waals surface area contributed by atoms with Crippen molar-refractivity contribution in [3.05, 3.63) is 95.1 Å². The third-order valence-electron chi connectivity index (χ3n) is 5.23. The van der Waals surface area contributed by atoms with Crippen molar-refractivity contribution < 1.29 is 22.4 Å². The maximum atomic E-state index is 12.7. The van der Waals surface area contributed by atoms with Gasteiger partial charge in [0, 0.05) is 30.3 Å². The second-order valence-corrected chi connectivity index (χ2v) is 7.66. The van der Waals surface area contributed by atoms with Crippen LogP contribution in [0.5, 0.6) is 0 Å². The first-order chi connectivity index (χ1) is 15.7. The number of amides is 1. The average molecular weight is 451 g/mol. The number of aromatic nitrogens is 2. The van der Waals surface area contributed by atoms with E-state index >= 15 is 0 Å². The second kappa shape index (κ2) is 8.90. The Hall–Kier alpha value is -3.94. The van der Waals surface area contributed by atoms with Crippen LogP contribution in [-0.4, -0.2) is 28.1 Å². The van der Waals surface area contributed by atoms with Crippen LogP contribution in [0.3, 0.4) is 0 Å². The van der Waals surface area contributed by atoms with Gasteiger partial charge in [-0.1, -0.05) is 30.3 Å². The highest BCUT2D eigenvalue weighted by molar-refractivity contribution is 5.94. The van der Waals surface area contributed by atoms with Crippen molar-refractivity contribution in [1.82, 2.24) is 15.1 Å². The predicted octanol–water partition coefficient (Wildman–Crippen LogP) is 6.00. The molecular weight excluding hydrogens is 431 g/mol. The molecule has 33 heavy (non-hydrogen) atoms. The molecule has 0 aliphatic carbocycles. The van der Waals surface area contributed by atoms with Crippen LogP contribution in [0.4, 0.5) is 13.2 Å². The van der Waals surface area contributed by atoms with Gasteiger partial charge in [0.1, 0.15) is 0 Å². The summed E-state index contributed by atoms with van der Waals surface area (Å²) in [4.78, 5) is 14.2. The third-order valence-corrected chi connectivity index (χ3v) is 5.23. The molecule has 8 heteroatoms. The minimum Gasteiger partial charge on any atom is -0.416 e. The average Bonchev–Trinajstić information content (AvgIpc) is 3.29. The molecule has 5 nitrogen and oxygen atoms in total. The number of alkyl halides is 3. The Morgan fingerprint density at radius 1 is 0.909 bits per heavy atom. The van der Waals surface area contributed by atoms with Crippen molar-refractivity contribution in [2.24, 2.45) is 0 Å². The molecule has 3 aromatic carbocycles. The van der Waals surface area contributed by atoms with Gasteiger partial charge in [-0.3, -0.25) is 4.79 Å². The normalized spacial score (nSPS) is 11.4. The summed E-state index contributed by atoms with van der Waals surface area (Å²) in [7, 11) is 1.60. The minimum atomic E-state index is -4.39. The van der Waals surface area contributed by atoms with E-state index in [1.54, 1.807) is 31.3 Å². The van der Waals surface area contributed by atoms with Gasteiger partial charge in [-0.25, -0.2) is 0 Å². The van der Waals surface area contributed by atoms with Crippen molar-refractivity contribution in [2.45, 2.75) is 19.6 Å². The van der Waals surface area contributed by atoms with E-state index < -0.39 is 11.7 Å². The lowest BCUT2D eigenvalue weighted by Crippen LogP contribution is -2.26. The molecule has 0 saturated heterocycles. The van der Waals surface area contributed by atoms with Crippen LogP contribution in [0, 0.1) is 6.92 Å².